The Morgan fingerprint density at radius 1 is 1.50 bits per heavy atom. The third kappa shape index (κ3) is 2.61. The molecule has 96 valence electrons. The number of carboxylic acid groups (broad SMARTS) is 1. The zero-order valence-corrected chi connectivity index (χ0v) is 10.2. The maximum Gasteiger partial charge on any atom is 0.326 e. The van der Waals surface area contributed by atoms with Crippen LogP contribution in [0.25, 0.3) is 0 Å². The number of hydrogen-bond acceptors (Lipinski definition) is 2. The van der Waals surface area contributed by atoms with E-state index in [-0.39, 0.29) is 30.3 Å². The second kappa shape index (κ2) is 4.94. The molecule has 0 bridgehead atoms. The van der Waals surface area contributed by atoms with E-state index in [0.717, 1.165) is 6.07 Å². The lowest BCUT2D eigenvalue weighted by Gasteiger charge is -2.21. The number of benzene rings is 1. The normalized spacial score (nSPS) is 19.3. The van der Waals surface area contributed by atoms with Crippen LogP contribution in [0.1, 0.15) is 18.4 Å². The average Bonchev–Trinajstić information content (AvgIpc) is 2.59. The molecular weight excluding hydrogens is 261 g/mol. The fourth-order valence-corrected chi connectivity index (χ4v) is 2.33. The predicted octanol–water partition coefficient (Wildman–Crippen LogP) is 2.05. The van der Waals surface area contributed by atoms with Gasteiger partial charge in [0.25, 0.3) is 0 Å². The molecule has 18 heavy (non-hydrogen) atoms. The van der Waals surface area contributed by atoms with Crippen LogP contribution >= 0.6 is 11.6 Å². The van der Waals surface area contributed by atoms with Gasteiger partial charge in [-0.2, -0.15) is 0 Å². The van der Waals surface area contributed by atoms with E-state index in [9.17, 15) is 14.0 Å². The minimum Gasteiger partial charge on any atom is -0.480 e. The Morgan fingerprint density at radius 3 is 2.83 bits per heavy atom. The molecule has 0 aromatic heterocycles. The number of aliphatic carboxylic acids is 1. The maximum absolute atomic E-state index is 13.2. The highest BCUT2D eigenvalue weighted by Crippen LogP contribution is 2.23. The highest BCUT2D eigenvalue weighted by Gasteiger charge is 2.35. The van der Waals surface area contributed by atoms with Crippen molar-refractivity contribution in [3.63, 3.8) is 0 Å². The Balaban J connectivity index is 2.21. The van der Waals surface area contributed by atoms with Crippen molar-refractivity contribution < 1.29 is 19.1 Å². The number of carbonyl (C=O) groups is 2. The van der Waals surface area contributed by atoms with Crippen LogP contribution in [0.2, 0.25) is 5.02 Å². The summed E-state index contributed by atoms with van der Waals surface area (Å²) in [4.78, 5) is 23.8. The van der Waals surface area contributed by atoms with E-state index >= 15 is 0 Å². The number of likely N-dealkylation sites (tertiary alicyclic amines) is 1. The zero-order valence-electron chi connectivity index (χ0n) is 9.40. The molecule has 0 saturated carbocycles. The number of hydrogen-bond donors (Lipinski definition) is 1. The molecule has 1 amide bonds. The zero-order chi connectivity index (χ0) is 13.3. The van der Waals surface area contributed by atoms with E-state index in [1.165, 1.54) is 17.0 Å². The van der Waals surface area contributed by atoms with E-state index in [1.54, 1.807) is 0 Å². The number of nitrogens with zero attached hydrogens (tertiary/aromatic N) is 1. The first-order valence-electron chi connectivity index (χ1n) is 5.44. The quantitative estimate of drug-likeness (QED) is 0.915. The molecule has 0 spiro atoms. The Bertz CT molecular complexity index is 486. The molecule has 1 saturated heterocycles. The van der Waals surface area contributed by atoms with Gasteiger partial charge in [-0.3, -0.25) is 4.79 Å². The second-order valence-electron chi connectivity index (χ2n) is 4.19. The summed E-state index contributed by atoms with van der Waals surface area (Å²) in [6.45, 7) is 0.0628. The van der Waals surface area contributed by atoms with Gasteiger partial charge < -0.3 is 10.0 Å². The first-order valence-corrected chi connectivity index (χ1v) is 5.82. The largest absolute Gasteiger partial charge is 0.480 e. The Labute approximate surface area is 108 Å². The lowest BCUT2D eigenvalue weighted by molar-refractivity contribution is -0.146. The molecule has 1 aliphatic rings. The maximum atomic E-state index is 13.2. The van der Waals surface area contributed by atoms with E-state index in [1.807, 2.05) is 0 Å². The van der Waals surface area contributed by atoms with Crippen molar-refractivity contribution in [2.75, 3.05) is 0 Å². The van der Waals surface area contributed by atoms with E-state index < -0.39 is 17.8 Å². The van der Waals surface area contributed by atoms with E-state index in [0.29, 0.717) is 5.56 Å². The predicted molar refractivity (Wildman–Crippen MR) is 62.6 cm³/mol. The van der Waals surface area contributed by atoms with Gasteiger partial charge in [-0.05, 0) is 30.2 Å². The molecule has 1 atom stereocenters. The highest BCUT2D eigenvalue weighted by atomic mass is 35.5. The van der Waals surface area contributed by atoms with Gasteiger partial charge in [-0.1, -0.05) is 11.6 Å². The highest BCUT2D eigenvalue weighted by molar-refractivity contribution is 6.30. The number of halogens is 2. The van der Waals surface area contributed by atoms with Gasteiger partial charge >= 0.3 is 5.97 Å². The van der Waals surface area contributed by atoms with Gasteiger partial charge in [0.05, 0.1) is 0 Å². The Hall–Kier alpha value is -1.62. The summed E-state index contributed by atoms with van der Waals surface area (Å²) in [5, 5.41) is 9.22. The van der Waals surface area contributed by atoms with Crippen molar-refractivity contribution in [3.8, 4) is 0 Å². The third-order valence-electron chi connectivity index (χ3n) is 2.89. The summed E-state index contributed by atoms with van der Waals surface area (Å²) in [6, 6.07) is 3.09. The number of carbonyl (C=O) groups excluding carboxylic acids is 1. The third-order valence-corrected chi connectivity index (χ3v) is 3.11. The number of amides is 1. The van der Waals surface area contributed by atoms with Gasteiger partial charge in [0.2, 0.25) is 5.91 Å². The smallest absolute Gasteiger partial charge is 0.326 e. The molecule has 1 fully saturated rings. The summed E-state index contributed by atoms with van der Waals surface area (Å²) in [5.74, 6) is -1.78. The number of rotatable bonds is 3. The van der Waals surface area contributed by atoms with E-state index in [2.05, 4.69) is 0 Å². The van der Waals surface area contributed by atoms with Crippen LogP contribution in [-0.2, 0) is 16.1 Å². The fraction of sp³-hybridized carbons (Fsp3) is 0.333. The SMILES string of the molecule is O=C(O)C1CCC(=O)N1Cc1cc(F)cc(Cl)c1. The van der Waals surface area contributed by atoms with Gasteiger partial charge in [-0.15, -0.1) is 0 Å². The monoisotopic (exact) mass is 271 g/mol. The molecule has 1 aromatic carbocycles. The Morgan fingerprint density at radius 2 is 2.22 bits per heavy atom. The molecule has 2 rings (SSSR count). The first kappa shape index (κ1) is 12.8. The molecule has 0 aliphatic carbocycles. The van der Waals surface area contributed by atoms with Gasteiger partial charge in [0.1, 0.15) is 11.9 Å². The molecule has 1 heterocycles. The molecule has 1 aliphatic heterocycles. The van der Waals surface area contributed by atoms with Crippen molar-refractivity contribution in [3.05, 3.63) is 34.6 Å². The average molecular weight is 272 g/mol. The summed E-state index contributed by atoms with van der Waals surface area (Å²) < 4.78 is 13.2. The molecule has 4 nitrogen and oxygen atoms in total. The molecule has 1 aromatic rings. The van der Waals surface area contributed by atoms with Gasteiger partial charge in [-0.25, -0.2) is 9.18 Å². The summed E-state index contributed by atoms with van der Waals surface area (Å²) in [5.41, 5.74) is 0.488. The molecule has 1 unspecified atom stereocenters. The van der Waals surface area contributed by atoms with Gasteiger partial charge in [0.15, 0.2) is 0 Å². The minimum absolute atomic E-state index is 0.0628. The summed E-state index contributed by atoms with van der Waals surface area (Å²) >= 11 is 5.71. The van der Waals surface area contributed by atoms with Crippen molar-refractivity contribution in [1.82, 2.24) is 4.90 Å². The lowest BCUT2D eigenvalue weighted by atomic mass is 10.2. The molecule has 6 heteroatoms. The van der Waals surface area contributed by atoms with Gasteiger partial charge in [0, 0.05) is 18.0 Å². The van der Waals surface area contributed by atoms with Crippen LogP contribution in [0.5, 0.6) is 0 Å². The number of carboxylic acids is 1. The van der Waals surface area contributed by atoms with Crippen LogP contribution in [0.3, 0.4) is 0 Å². The second-order valence-corrected chi connectivity index (χ2v) is 4.63. The minimum atomic E-state index is -1.04. The van der Waals surface area contributed by atoms with Crippen LogP contribution in [0, 0.1) is 5.82 Å². The topological polar surface area (TPSA) is 57.6 Å². The lowest BCUT2D eigenvalue weighted by Crippen LogP contribution is -2.37. The van der Waals surface area contributed by atoms with Crippen molar-refractivity contribution >= 4 is 23.5 Å². The summed E-state index contributed by atoms with van der Waals surface area (Å²) in [7, 11) is 0. The first-order chi connectivity index (χ1) is 8.47. The van der Waals surface area contributed by atoms with Crippen LogP contribution in [-0.4, -0.2) is 27.9 Å². The van der Waals surface area contributed by atoms with Crippen LogP contribution in [0.15, 0.2) is 18.2 Å². The van der Waals surface area contributed by atoms with Crippen molar-refractivity contribution in [2.45, 2.75) is 25.4 Å². The molecule has 1 N–H and O–H groups in total. The van der Waals surface area contributed by atoms with Crippen molar-refractivity contribution in [1.29, 1.82) is 0 Å². The molecular formula is C12H11ClFNO3. The van der Waals surface area contributed by atoms with Crippen molar-refractivity contribution in [2.24, 2.45) is 0 Å². The molecule has 0 radical (unpaired) electrons. The standard InChI is InChI=1S/C12H11ClFNO3/c13-8-3-7(4-9(14)5-8)6-15-10(12(17)18)1-2-11(15)16/h3-5,10H,1-2,6H2,(H,17,18). The fourth-order valence-electron chi connectivity index (χ4n) is 2.09. The van der Waals surface area contributed by atoms with Crippen LogP contribution < -0.4 is 0 Å². The van der Waals surface area contributed by atoms with Crippen LogP contribution in [0.4, 0.5) is 4.39 Å². The van der Waals surface area contributed by atoms with E-state index in [4.69, 9.17) is 16.7 Å². The Kier molecular flexibility index (Phi) is 3.52. The summed E-state index contributed by atoms with van der Waals surface area (Å²) in [6.07, 6.45) is 0.497.